The standard InChI is InChI=1S/C18H19FN6OS/c19-15-4-2-1-3-13(15)11-24-9-10-27-18(24)21-17(26)16-12-25(23-22-16)14-5-7-20-8-6-14/h1-4,9-10,12,14,20H,5-8,11H2. The molecule has 0 saturated carbocycles. The van der Waals surface area contributed by atoms with Gasteiger partial charge in [-0.3, -0.25) is 4.79 Å². The van der Waals surface area contributed by atoms with Crippen molar-refractivity contribution in [1.29, 1.82) is 0 Å². The van der Waals surface area contributed by atoms with Crippen molar-refractivity contribution >= 4 is 17.2 Å². The molecule has 1 amide bonds. The maximum atomic E-state index is 13.9. The molecule has 1 aromatic carbocycles. The summed E-state index contributed by atoms with van der Waals surface area (Å²) in [6.07, 6.45) is 5.37. The summed E-state index contributed by atoms with van der Waals surface area (Å²) < 4.78 is 17.4. The fraction of sp³-hybridized carbons (Fsp3) is 0.333. The Balaban J connectivity index is 1.54. The highest BCUT2D eigenvalue weighted by Gasteiger charge is 2.18. The van der Waals surface area contributed by atoms with Crippen LogP contribution in [-0.2, 0) is 6.54 Å². The molecule has 0 spiro atoms. The molecule has 0 aliphatic carbocycles. The Morgan fingerprint density at radius 1 is 1.33 bits per heavy atom. The predicted octanol–water partition coefficient (Wildman–Crippen LogP) is 1.99. The summed E-state index contributed by atoms with van der Waals surface area (Å²) in [6, 6.07) is 6.83. The molecule has 9 heteroatoms. The Hall–Kier alpha value is -2.65. The van der Waals surface area contributed by atoms with Gasteiger partial charge in [0.25, 0.3) is 0 Å². The van der Waals surface area contributed by atoms with E-state index in [2.05, 4.69) is 20.6 Å². The summed E-state index contributed by atoms with van der Waals surface area (Å²) >= 11 is 1.32. The normalized spacial score (nSPS) is 16.0. The molecule has 1 aliphatic heterocycles. The Morgan fingerprint density at radius 3 is 2.96 bits per heavy atom. The summed E-state index contributed by atoms with van der Waals surface area (Å²) in [5.74, 6) is -0.724. The second-order valence-electron chi connectivity index (χ2n) is 6.39. The van der Waals surface area contributed by atoms with Crippen molar-refractivity contribution in [2.75, 3.05) is 13.1 Å². The van der Waals surface area contributed by atoms with Crippen LogP contribution >= 0.6 is 11.3 Å². The van der Waals surface area contributed by atoms with Crippen LogP contribution < -0.4 is 10.1 Å². The molecular weight excluding hydrogens is 367 g/mol. The van der Waals surface area contributed by atoms with Gasteiger partial charge in [0, 0.05) is 17.1 Å². The number of hydrogen-bond donors (Lipinski definition) is 1. The lowest BCUT2D eigenvalue weighted by Crippen LogP contribution is -2.29. The highest BCUT2D eigenvalue weighted by molar-refractivity contribution is 7.07. The topological polar surface area (TPSA) is 77.1 Å². The first kappa shape index (κ1) is 17.7. The summed E-state index contributed by atoms with van der Waals surface area (Å²) in [4.78, 5) is 17.2. The zero-order valence-electron chi connectivity index (χ0n) is 14.6. The third-order valence-electron chi connectivity index (χ3n) is 4.57. The number of nitrogens with one attached hydrogen (secondary N) is 1. The first-order chi connectivity index (χ1) is 13.2. The van der Waals surface area contributed by atoms with Gasteiger partial charge in [-0.05, 0) is 32.0 Å². The van der Waals surface area contributed by atoms with E-state index in [9.17, 15) is 9.18 Å². The Kier molecular flexibility index (Phi) is 5.21. The number of carbonyl (C=O) groups is 1. The number of piperidine rings is 1. The maximum Gasteiger partial charge on any atom is 0.301 e. The number of carbonyl (C=O) groups excluding carboxylic acids is 1. The van der Waals surface area contributed by atoms with Gasteiger partial charge < -0.3 is 9.88 Å². The van der Waals surface area contributed by atoms with Crippen molar-refractivity contribution in [1.82, 2.24) is 24.9 Å². The number of aromatic nitrogens is 4. The second-order valence-corrected chi connectivity index (χ2v) is 7.26. The number of thiazole rings is 1. The minimum Gasteiger partial charge on any atom is -0.319 e. The van der Waals surface area contributed by atoms with Gasteiger partial charge in [-0.1, -0.05) is 23.4 Å². The average Bonchev–Trinajstić information content (AvgIpc) is 3.34. The van der Waals surface area contributed by atoms with Crippen LogP contribution in [0.5, 0.6) is 0 Å². The van der Waals surface area contributed by atoms with Gasteiger partial charge in [0.2, 0.25) is 0 Å². The molecule has 1 N–H and O–H groups in total. The van der Waals surface area contributed by atoms with Gasteiger partial charge in [0.05, 0.1) is 18.8 Å². The van der Waals surface area contributed by atoms with Gasteiger partial charge in [-0.15, -0.1) is 16.4 Å². The SMILES string of the molecule is O=C(N=c1sccn1Cc1ccccc1F)c1cn(C2CCNCC2)nn1. The van der Waals surface area contributed by atoms with Gasteiger partial charge in [-0.2, -0.15) is 4.99 Å². The lowest BCUT2D eigenvalue weighted by Gasteiger charge is -2.21. The molecule has 0 atom stereocenters. The van der Waals surface area contributed by atoms with Crippen molar-refractivity contribution in [2.24, 2.45) is 4.99 Å². The van der Waals surface area contributed by atoms with Crippen LogP contribution in [0.1, 0.15) is 34.9 Å². The minimum absolute atomic E-state index is 0.222. The second kappa shape index (κ2) is 7.93. The highest BCUT2D eigenvalue weighted by Crippen LogP contribution is 2.17. The molecule has 1 aliphatic rings. The quantitative estimate of drug-likeness (QED) is 0.744. The number of benzene rings is 1. The van der Waals surface area contributed by atoms with Crippen LogP contribution in [0.3, 0.4) is 0 Å². The molecule has 1 fully saturated rings. The molecule has 2 aromatic heterocycles. The molecule has 3 heterocycles. The number of nitrogens with zero attached hydrogens (tertiary/aromatic N) is 5. The number of hydrogen-bond acceptors (Lipinski definition) is 5. The van der Waals surface area contributed by atoms with E-state index in [1.165, 1.54) is 17.4 Å². The summed E-state index contributed by atoms with van der Waals surface area (Å²) in [5, 5.41) is 13.2. The van der Waals surface area contributed by atoms with Crippen molar-refractivity contribution < 1.29 is 9.18 Å². The van der Waals surface area contributed by atoms with E-state index in [4.69, 9.17) is 0 Å². The molecule has 0 unspecified atom stereocenters. The largest absolute Gasteiger partial charge is 0.319 e. The number of rotatable bonds is 4. The predicted molar refractivity (Wildman–Crippen MR) is 98.9 cm³/mol. The van der Waals surface area contributed by atoms with Gasteiger partial charge >= 0.3 is 5.91 Å². The molecular formula is C18H19FN6OS. The molecule has 0 bridgehead atoms. The van der Waals surface area contributed by atoms with Crippen LogP contribution in [0, 0.1) is 5.82 Å². The summed E-state index contributed by atoms with van der Waals surface area (Å²) in [6.45, 7) is 2.18. The fourth-order valence-electron chi connectivity index (χ4n) is 3.09. The number of halogens is 1. The Bertz CT molecular complexity index is 1000. The van der Waals surface area contributed by atoms with E-state index in [1.54, 1.807) is 39.8 Å². The Morgan fingerprint density at radius 2 is 2.15 bits per heavy atom. The van der Waals surface area contributed by atoms with Gasteiger partial charge in [0.1, 0.15) is 5.82 Å². The van der Waals surface area contributed by atoms with E-state index in [0.717, 1.165) is 25.9 Å². The van der Waals surface area contributed by atoms with Crippen LogP contribution in [0.2, 0.25) is 0 Å². The highest BCUT2D eigenvalue weighted by atomic mass is 32.1. The molecule has 3 aromatic rings. The molecule has 140 valence electrons. The van der Waals surface area contributed by atoms with Crippen LogP contribution in [0.4, 0.5) is 4.39 Å². The summed E-state index contributed by atoms with van der Waals surface area (Å²) in [7, 11) is 0. The zero-order chi connectivity index (χ0) is 18.6. The smallest absolute Gasteiger partial charge is 0.301 e. The van der Waals surface area contributed by atoms with E-state index in [-0.39, 0.29) is 17.6 Å². The molecule has 0 radical (unpaired) electrons. The monoisotopic (exact) mass is 386 g/mol. The van der Waals surface area contributed by atoms with Crippen molar-refractivity contribution in [3.05, 3.63) is 63.9 Å². The third-order valence-corrected chi connectivity index (χ3v) is 5.36. The fourth-order valence-corrected chi connectivity index (χ4v) is 3.81. The Labute approximate surface area is 159 Å². The van der Waals surface area contributed by atoms with Crippen molar-refractivity contribution in [3.8, 4) is 0 Å². The van der Waals surface area contributed by atoms with Gasteiger partial charge in [-0.25, -0.2) is 9.07 Å². The minimum atomic E-state index is -0.445. The molecule has 1 saturated heterocycles. The van der Waals surface area contributed by atoms with Crippen LogP contribution in [0.25, 0.3) is 0 Å². The molecule has 7 nitrogen and oxygen atoms in total. The van der Waals surface area contributed by atoms with Crippen LogP contribution in [-0.4, -0.2) is 38.6 Å². The van der Waals surface area contributed by atoms with Crippen molar-refractivity contribution in [2.45, 2.75) is 25.4 Å². The van der Waals surface area contributed by atoms with Crippen molar-refractivity contribution in [3.63, 3.8) is 0 Å². The van der Waals surface area contributed by atoms with E-state index < -0.39 is 5.91 Å². The van der Waals surface area contributed by atoms with Gasteiger partial charge in [0.15, 0.2) is 10.5 Å². The van der Waals surface area contributed by atoms with Crippen LogP contribution in [0.15, 0.2) is 47.0 Å². The molecule has 4 rings (SSSR count). The summed E-state index contributed by atoms with van der Waals surface area (Å²) in [5.41, 5.74) is 0.765. The lowest BCUT2D eigenvalue weighted by molar-refractivity contribution is 0.0993. The van der Waals surface area contributed by atoms with E-state index >= 15 is 0 Å². The first-order valence-corrected chi connectivity index (χ1v) is 9.67. The third kappa shape index (κ3) is 4.04. The zero-order valence-corrected chi connectivity index (χ0v) is 15.4. The average molecular weight is 386 g/mol. The lowest BCUT2D eigenvalue weighted by atomic mass is 10.1. The van der Waals surface area contributed by atoms with E-state index in [0.29, 0.717) is 16.9 Å². The molecule has 27 heavy (non-hydrogen) atoms. The van der Waals surface area contributed by atoms with E-state index in [1.807, 2.05) is 5.38 Å². The maximum absolute atomic E-state index is 13.9. The number of amides is 1. The first-order valence-electron chi connectivity index (χ1n) is 8.79.